The van der Waals surface area contributed by atoms with Crippen LogP contribution in [0.5, 0.6) is 0 Å². The Morgan fingerprint density at radius 2 is 2.14 bits per heavy atom. The second-order valence-electron chi connectivity index (χ2n) is 4.75. The predicted octanol–water partition coefficient (Wildman–Crippen LogP) is 3.44. The molecule has 0 fully saturated rings. The molecule has 0 radical (unpaired) electrons. The highest BCUT2D eigenvalue weighted by molar-refractivity contribution is 6.30. The van der Waals surface area contributed by atoms with Crippen LogP contribution < -0.4 is 5.32 Å². The molecule has 1 amide bonds. The van der Waals surface area contributed by atoms with E-state index < -0.39 is 0 Å². The molecule has 110 valence electrons. The second-order valence-corrected chi connectivity index (χ2v) is 5.19. The standard InChI is InChI=1S/C16H18ClN3O/c1-3-18-15-10-13(7-8-19-15)16(21)20(2)11-12-5-4-6-14(17)9-12/h4-10H,3,11H2,1-2H3,(H,18,19). The minimum absolute atomic E-state index is 0.0449. The zero-order chi connectivity index (χ0) is 15.2. The largest absolute Gasteiger partial charge is 0.370 e. The second kappa shape index (κ2) is 7.09. The van der Waals surface area contributed by atoms with Crippen LogP contribution in [0.25, 0.3) is 0 Å². The van der Waals surface area contributed by atoms with Gasteiger partial charge in [-0.2, -0.15) is 0 Å². The van der Waals surface area contributed by atoms with Crippen LogP contribution in [0.2, 0.25) is 5.02 Å². The van der Waals surface area contributed by atoms with Gasteiger partial charge in [-0.05, 0) is 36.8 Å². The fraction of sp³-hybridized carbons (Fsp3) is 0.250. The van der Waals surface area contributed by atoms with E-state index in [0.717, 1.165) is 12.1 Å². The third-order valence-corrected chi connectivity index (χ3v) is 3.26. The summed E-state index contributed by atoms with van der Waals surface area (Å²) in [6, 6.07) is 11.0. The van der Waals surface area contributed by atoms with Gasteiger partial charge in [-0.1, -0.05) is 23.7 Å². The van der Waals surface area contributed by atoms with Gasteiger partial charge in [-0.15, -0.1) is 0 Å². The molecule has 0 aliphatic carbocycles. The lowest BCUT2D eigenvalue weighted by atomic mass is 10.2. The average Bonchev–Trinajstić information content (AvgIpc) is 2.47. The van der Waals surface area contributed by atoms with Crippen LogP contribution in [-0.4, -0.2) is 29.4 Å². The number of nitrogens with one attached hydrogen (secondary N) is 1. The predicted molar refractivity (Wildman–Crippen MR) is 85.7 cm³/mol. The average molecular weight is 304 g/mol. The normalized spacial score (nSPS) is 10.2. The Kier molecular flexibility index (Phi) is 5.17. The molecule has 0 saturated carbocycles. The number of halogens is 1. The van der Waals surface area contributed by atoms with Gasteiger partial charge in [0.1, 0.15) is 5.82 Å². The molecular formula is C16H18ClN3O. The van der Waals surface area contributed by atoms with E-state index in [1.807, 2.05) is 31.2 Å². The van der Waals surface area contributed by atoms with Crippen molar-refractivity contribution in [1.82, 2.24) is 9.88 Å². The fourth-order valence-electron chi connectivity index (χ4n) is 2.04. The third kappa shape index (κ3) is 4.20. The SMILES string of the molecule is CCNc1cc(C(=O)N(C)Cc2cccc(Cl)c2)ccn1. The summed E-state index contributed by atoms with van der Waals surface area (Å²) in [7, 11) is 1.77. The Hall–Kier alpha value is -2.07. The quantitative estimate of drug-likeness (QED) is 0.920. The highest BCUT2D eigenvalue weighted by Crippen LogP contribution is 2.14. The number of amides is 1. The van der Waals surface area contributed by atoms with Gasteiger partial charge < -0.3 is 10.2 Å². The number of carbonyl (C=O) groups is 1. The van der Waals surface area contributed by atoms with E-state index in [-0.39, 0.29) is 5.91 Å². The van der Waals surface area contributed by atoms with E-state index in [1.54, 1.807) is 30.3 Å². The number of hydrogen-bond acceptors (Lipinski definition) is 3. The zero-order valence-corrected chi connectivity index (χ0v) is 12.9. The number of nitrogens with zero attached hydrogens (tertiary/aromatic N) is 2. The Morgan fingerprint density at radius 3 is 2.86 bits per heavy atom. The van der Waals surface area contributed by atoms with E-state index in [1.165, 1.54) is 0 Å². The monoisotopic (exact) mass is 303 g/mol. The maximum atomic E-state index is 12.4. The number of rotatable bonds is 5. The molecule has 0 bridgehead atoms. The van der Waals surface area contributed by atoms with Crippen molar-refractivity contribution >= 4 is 23.3 Å². The number of aromatic nitrogens is 1. The summed E-state index contributed by atoms with van der Waals surface area (Å²) in [4.78, 5) is 18.3. The summed E-state index contributed by atoms with van der Waals surface area (Å²) in [6.07, 6.45) is 1.64. The molecule has 21 heavy (non-hydrogen) atoms. The molecule has 2 rings (SSSR count). The maximum absolute atomic E-state index is 12.4. The van der Waals surface area contributed by atoms with Crippen LogP contribution >= 0.6 is 11.6 Å². The van der Waals surface area contributed by atoms with Crippen molar-refractivity contribution in [2.75, 3.05) is 18.9 Å². The highest BCUT2D eigenvalue weighted by Gasteiger charge is 2.13. The van der Waals surface area contributed by atoms with E-state index in [4.69, 9.17) is 11.6 Å². The molecule has 0 spiro atoms. The minimum Gasteiger partial charge on any atom is -0.370 e. The Labute approximate surface area is 129 Å². The van der Waals surface area contributed by atoms with Crippen molar-refractivity contribution < 1.29 is 4.79 Å². The number of pyridine rings is 1. The summed E-state index contributed by atoms with van der Waals surface area (Å²) in [5.41, 5.74) is 1.62. The summed E-state index contributed by atoms with van der Waals surface area (Å²) >= 11 is 5.96. The first-order chi connectivity index (χ1) is 10.1. The van der Waals surface area contributed by atoms with Crippen molar-refractivity contribution in [2.45, 2.75) is 13.5 Å². The molecule has 0 atom stereocenters. The third-order valence-electron chi connectivity index (χ3n) is 3.02. The molecule has 0 aliphatic heterocycles. The van der Waals surface area contributed by atoms with E-state index in [0.29, 0.717) is 22.9 Å². The maximum Gasteiger partial charge on any atom is 0.254 e. The first-order valence-electron chi connectivity index (χ1n) is 6.80. The number of benzene rings is 1. The molecule has 1 N–H and O–H groups in total. The van der Waals surface area contributed by atoms with E-state index >= 15 is 0 Å². The van der Waals surface area contributed by atoms with Crippen LogP contribution in [-0.2, 0) is 6.54 Å². The zero-order valence-electron chi connectivity index (χ0n) is 12.1. The lowest BCUT2D eigenvalue weighted by molar-refractivity contribution is 0.0785. The van der Waals surface area contributed by atoms with Crippen molar-refractivity contribution in [3.8, 4) is 0 Å². The Balaban J connectivity index is 2.10. The topological polar surface area (TPSA) is 45.2 Å². The van der Waals surface area contributed by atoms with Crippen molar-refractivity contribution in [2.24, 2.45) is 0 Å². The van der Waals surface area contributed by atoms with Crippen LogP contribution in [0.1, 0.15) is 22.8 Å². The van der Waals surface area contributed by atoms with Gasteiger partial charge in [-0.3, -0.25) is 4.79 Å². The number of hydrogen-bond donors (Lipinski definition) is 1. The lowest BCUT2D eigenvalue weighted by Gasteiger charge is -2.18. The molecule has 1 aromatic carbocycles. The lowest BCUT2D eigenvalue weighted by Crippen LogP contribution is -2.26. The summed E-state index contributed by atoms with van der Waals surface area (Å²) < 4.78 is 0. The first-order valence-corrected chi connectivity index (χ1v) is 7.17. The van der Waals surface area contributed by atoms with Gasteiger partial charge in [0.25, 0.3) is 5.91 Å². The van der Waals surface area contributed by atoms with Crippen molar-refractivity contribution in [3.05, 3.63) is 58.7 Å². The van der Waals surface area contributed by atoms with Crippen LogP contribution in [0.4, 0.5) is 5.82 Å². The van der Waals surface area contributed by atoms with Crippen LogP contribution in [0.3, 0.4) is 0 Å². The highest BCUT2D eigenvalue weighted by atomic mass is 35.5. The number of carbonyl (C=O) groups excluding carboxylic acids is 1. The molecule has 5 heteroatoms. The van der Waals surface area contributed by atoms with Gasteiger partial charge >= 0.3 is 0 Å². The minimum atomic E-state index is -0.0449. The van der Waals surface area contributed by atoms with Gasteiger partial charge in [0.2, 0.25) is 0 Å². The van der Waals surface area contributed by atoms with Gasteiger partial charge in [0, 0.05) is 36.9 Å². The Bertz CT molecular complexity index is 630. The molecule has 0 unspecified atom stereocenters. The molecular weight excluding hydrogens is 286 g/mol. The molecule has 2 aromatic rings. The fourth-order valence-corrected chi connectivity index (χ4v) is 2.26. The molecule has 1 heterocycles. The van der Waals surface area contributed by atoms with Crippen LogP contribution in [0.15, 0.2) is 42.6 Å². The van der Waals surface area contributed by atoms with E-state index in [2.05, 4.69) is 10.3 Å². The summed E-state index contributed by atoms with van der Waals surface area (Å²) in [5, 5.41) is 3.77. The first kappa shape index (κ1) is 15.3. The Morgan fingerprint density at radius 1 is 1.33 bits per heavy atom. The van der Waals surface area contributed by atoms with E-state index in [9.17, 15) is 4.79 Å². The number of anilines is 1. The van der Waals surface area contributed by atoms with Gasteiger partial charge in [0.15, 0.2) is 0 Å². The smallest absolute Gasteiger partial charge is 0.254 e. The van der Waals surface area contributed by atoms with Crippen molar-refractivity contribution in [3.63, 3.8) is 0 Å². The summed E-state index contributed by atoms with van der Waals surface area (Å²) in [6.45, 7) is 3.27. The molecule has 1 aromatic heterocycles. The van der Waals surface area contributed by atoms with Gasteiger partial charge in [0.05, 0.1) is 0 Å². The molecule has 0 saturated heterocycles. The van der Waals surface area contributed by atoms with Crippen molar-refractivity contribution in [1.29, 1.82) is 0 Å². The summed E-state index contributed by atoms with van der Waals surface area (Å²) in [5.74, 6) is 0.663. The van der Waals surface area contributed by atoms with Gasteiger partial charge in [-0.25, -0.2) is 4.98 Å². The van der Waals surface area contributed by atoms with Crippen LogP contribution in [0, 0.1) is 0 Å². The molecule has 4 nitrogen and oxygen atoms in total. The molecule has 0 aliphatic rings.